The largest absolute Gasteiger partial charge is 0.396 e. The number of nitrogens with zero attached hydrogens (tertiary/aromatic N) is 3. The summed E-state index contributed by atoms with van der Waals surface area (Å²) in [6.45, 7) is 6.54. The van der Waals surface area contributed by atoms with Crippen LogP contribution >= 0.6 is 0 Å². The van der Waals surface area contributed by atoms with Gasteiger partial charge in [0.25, 0.3) is 0 Å². The number of piperazine rings is 1. The fourth-order valence-electron chi connectivity index (χ4n) is 2.77. The number of halogens is 1. The first-order chi connectivity index (χ1) is 10.6. The maximum atomic E-state index is 12.9. The van der Waals surface area contributed by atoms with Crippen molar-refractivity contribution in [3.63, 3.8) is 0 Å². The standard InChI is InChI=1S/C17H21FN4/c1-13-2-7-16(19)17(20-13)22-10-8-21(9-11-22)12-14-3-5-15(18)6-4-14/h2-7H,8-12,19H2,1H3. The molecule has 2 aromatic rings. The number of hydrogen-bond donors (Lipinski definition) is 1. The molecule has 1 aliphatic heterocycles. The van der Waals surface area contributed by atoms with Crippen LogP contribution in [0.25, 0.3) is 0 Å². The third kappa shape index (κ3) is 3.36. The van der Waals surface area contributed by atoms with Gasteiger partial charge in [-0.15, -0.1) is 0 Å². The van der Waals surface area contributed by atoms with E-state index in [-0.39, 0.29) is 5.82 Å². The van der Waals surface area contributed by atoms with E-state index in [1.54, 1.807) is 0 Å². The average molecular weight is 300 g/mol. The fourth-order valence-corrected chi connectivity index (χ4v) is 2.77. The van der Waals surface area contributed by atoms with E-state index in [4.69, 9.17) is 5.73 Å². The van der Waals surface area contributed by atoms with Gasteiger partial charge in [-0.05, 0) is 36.8 Å². The van der Waals surface area contributed by atoms with Gasteiger partial charge in [-0.25, -0.2) is 9.37 Å². The highest BCUT2D eigenvalue weighted by Crippen LogP contribution is 2.22. The fraction of sp³-hybridized carbons (Fsp3) is 0.353. The molecule has 0 radical (unpaired) electrons. The van der Waals surface area contributed by atoms with Crippen molar-refractivity contribution in [1.82, 2.24) is 9.88 Å². The van der Waals surface area contributed by atoms with Gasteiger partial charge in [0.2, 0.25) is 0 Å². The van der Waals surface area contributed by atoms with Crippen LogP contribution in [0.5, 0.6) is 0 Å². The number of benzene rings is 1. The Kier molecular flexibility index (Phi) is 4.24. The Morgan fingerprint density at radius 2 is 1.73 bits per heavy atom. The molecule has 2 heterocycles. The SMILES string of the molecule is Cc1ccc(N)c(N2CCN(Cc3ccc(F)cc3)CC2)n1. The van der Waals surface area contributed by atoms with E-state index < -0.39 is 0 Å². The zero-order valence-electron chi connectivity index (χ0n) is 12.8. The first kappa shape index (κ1) is 14.8. The third-order valence-corrected chi connectivity index (χ3v) is 4.04. The van der Waals surface area contributed by atoms with Crippen LogP contribution in [0.2, 0.25) is 0 Å². The van der Waals surface area contributed by atoms with Crippen LogP contribution in [0.3, 0.4) is 0 Å². The third-order valence-electron chi connectivity index (χ3n) is 4.04. The molecule has 0 amide bonds. The Morgan fingerprint density at radius 3 is 2.41 bits per heavy atom. The molecule has 1 aromatic carbocycles. The normalized spacial score (nSPS) is 16.0. The molecule has 0 atom stereocenters. The van der Waals surface area contributed by atoms with Gasteiger partial charge in [-0.2, -0.15) is 0 Å². The lowest BCUT2D eigenvalue weighted by molar-refractivity contribution is 0.249. The second-order valence-corrected chi connectivity index (χ2v) is 5.76. The molecule has 4 nitrogen and oxygen atoms in total. The van der Waals surface area contributed by atoms with Gasteiger partial charge in [0.05, 0.1) is 5.69 Å². The van der Waals surface area contributed by atoms with Gasteiger partial charge in [-0.1, -0.05) is 12.1 Å². The number of rotatable bonds is 3. The van der Waals surface area contributed by atoms with E-state index in [2.05, 4.69) is 14.8 Å². The Labute approximate surface area is 130 Å². The molecule has 0 unspecified atom stereocenters. The zero-order chi connectivity index (χ0) is 15.5. The van der Waals surface area contributed by atoms with Gasteiger partial charge < -0.3 is 10.6 Å². The van der Waals surface area contributed by atoms with Crippen LogP contribution < -0.4 is 10.6 Å². The molecule has 1 aliphatic rings. The minimum Gasteiger partial charge on any atom is -0.396 e. The molecule has 1 saturated heterocycles. The summed E-state index contributed by atoms with van der Waals surface area (Å²) in [5, 5.41) is 0. The van der Waals surface area contributed by atoms with Gasteiger partial charge in [-0.3, -0.25) is 4.90 Å². The smallest absolute Gasteiger partial charge is 0.152 e. The van der Waals surface area contributed by atoms with Crippen LogP contribution in [-0.4, -0.2) is 36.1 Å². The number of aryl methyl sites for hydroxylation is 1. The molecule has 3 rings (SSSR count). The predicted molar refractivity (Wildman–Crippen MR) is 87.3 cm³/mol. The second-order valence-electron chi connectivity index (χ2n) is 5.76. The van der Waals surface area contributed by atoms with Crippen molar-refractivity contribution in [3.8, 4) is 0 Å². The van der Waals surface area contributed by atoms with E-state index in [1.165, 1.54) is 12.1 Å². The Morgan fingerprint density at radius 1 is 1.05 bits per heavy atom. The van der Waals surface area contributed by atoms with Crippen molar-refractivity contribution in [3.05, 3.63) is 53.5 Å². The molecule has 1 aromatic heterocycles. The summed E-state index contributed by atoms with van der Waals surface area (Å²) in [6.07, 6.45) is 0. The minimum absolute atomic E-state index is 0.186. The number of nitrogens with two attached hydrogens (primary N) is 1. The van der Waals surface area contributed by atoms with Gasteiger partial charge in [0.15, 0.2) is 5.82 Å². The van der Waals surface area contributed by atoms with Crippen molar-refractivity contribution in [2.75, 3.05) is 36.8 Å². The number of hydrogen-bond acceptors (Lipinski definition) is 4. The number of anilines is 2. The molecule has 1 fully saturated rings. The summed E-state index contributed by atoms with van der Waals surface area (Å²) in [7, 11) is 0. The van der Waals surface area contributed by atoms with Crippen LogP contribution in [-0.2, 0) is 6.54 Å². The average Bonchev–Trinajstić information content (AvgIpc) is 2.53. The zero-order valence-corrected chi connectivity index (χ0v) is 12.8. The molecular formula is C17H21FN4. The van der Waals surface area contributed by atoms with Gasteiger partial charge in [0.1, 0.15) is 5.82 Å². The summed E-state index contributed by atoms with van der Waals surface area (Å²) in [4.78, 5) is 9.17. The van der Waals surface area contributed by atoms with E-state index in [9.17, 15) is 4.39 Å². The predicted octanol–water partition coefficient (Wildman–Crippen LogP) is 2.43. The van der Waals surface area contributed by atoms with Crippen LogP contribution in [0.4, 0.5) is 15.9 Å². The van der Waals surface area contributed by atoms with Gasteiger partial charge in [0, 0.05) is 38.4 Å². The van der Waals surface area contributed by atoms with Crippen molar-refractivity contribution >= 4 is 11.5 Å². The molecule has 0 spiro atoms. The maximum Gasteiger partial charge on any atom is 0.152 e. The van der Waals surface area contributed by atoms with Crippen molar-refractivity contribution < 1.29 is 4.39 Å². The number of aromatic nitrogens is 1. The summed E-state index contributed by atoms with van der Waals surface area (Å²) in [5.41, 5.74) is 8.90. The summed E-state index contributed by atoms with van der Waals surface area (Å²) in [5.74, 6) is 0.705. The van der Waals surface area contributed by atoms with E-state index in [0.717, 1.165) is 55.5 Å². The highest BCUT2D eigenvalue weighted by molar-refractivity contribution is 5.63. The molecule has 0 saturated carbocycles. The van der Waals surface area contributed by atoms with Crippen LogP contribution in [0.1, 0.15) is 11.3 Å². The summed E-state index contributed by atoms with van der Waals surface area (Å²) >= 11 is 0. The molecular weight excluding hydrogens is 279 g/mol. The quantitative estimate of drug-likeness (QED) is 0.945. The number of pyridine rings is 1. The lowest BCUT2D eigenvalue weighted by atomic mass is 10.2. The van der Waals surface area contributed by atoms with E-state index in [0.29, 0.717) is 0 Å². The molecule has 0 bridgehead atoms. The lowest BCUT2D eigenvalue weighted by Crippen LogP contribution is -2.46. The molecule has 22 heavy (non-hydrogen) atoms. The first-order valence-electron chi connectivity index (χ1n) is 7.57. The monoisotopic (exact) mass is 300 g/mol. The van der Waals surface area contributed by atoms with Crippen LogP contribution in [0.15, 0.2) is 36.4 Å². The van der Waals surface area contributed by atoms with Crippen molar-refractivity contribution in [2.45, 2.75) is 13.5 Å². The first-order valence-corrected chi connectivity index (χ1v) is 7.57. The minimum atomic E-state index is -0.186. The van der Waals surface area contributed by atoms with E-state index >= 15 is 0 Å². The van der Waals surface area contributed by atoms with Crippen molar-refractivity contribution in [1.29, 1.82) is 0 Å². The molecule has 116 valence electrons. The molecule has 2 N–H and O–H groups in total. The Hall–Kier alpha value is -2.14. The lowest BCUT2D eigenvalue weighted by Gasteiger charge is -2.36. The Bertz CT molecular complexity index is 634. The molecule has 0 aliphatic carbocycles. The highest BCUT2D eigenvalue weighted by atomic mass is 19.1. The molecule has 5 heteroatoms. The summed E-state index contributed by atoms with van der Waals surface area (Å²) < 4.78 is 12.9. The second kappa shape index (κ2) is 6.32. The van der Waals surface area contributed by atoms with Crippen molar-refractivity contribution in [2.24, 2.45) is 0 Å². The number of nitrogen functional groups attached to an aromatic ring is 1. The van der Waals surface area contributed by atoms with Crippen LogP contribution in [0, 0.1) is 12.7 Å². The highest BCUT2D eigenvalue weighted by Gasteiger charge is 2.19. The Balaban J connectivity index is 1.60. The summed E-state index contributed by atoms with van der Waals surface area (Å²) in [6, 6.07) is 10.6. The van der Waals surface area contributed by atoms with E-state index in [1.807, 2.05) is 31.2 Å². The maximum absolute atomic E-state index is 12.9. The van der Waals surface area contributed by atoms with Gasteiger partial charge >= 0.3 is 0 Å². The topological polar surface area (TPSA) is 45.4 Å².